The number of hydrogen-bond acceptors (Lipinski definition) is 2. The number of carbonyl (C=O) groups is 1. The second-order valence-electron chi connectivity index (χ2n) is 4.57. The molecule has 98 valence electrons. The van der Waals surface area contributed by atoms with Gasteiger partial charge in [-0.15, -0.1) is 0 Å². The first-order valence-corrected chi connectivity index (χ1v) is 6.57. The van der Waals surface area contributed by atoms with E-state index in [2.05, 4.69) is 13.8 Å². The van der Waals surface area contributed by atoms with Gasteiger partial charge < -0.3 is 4.74 Å². The molecule has 0 amide bonds. The molecule has 0 fully saturated rings. The summed E-state index contributed by atoms with van der Waals surface area (Å²) >= 11 is 0. The van der Waals surface area contributed by atoms with Crippen molar-refractivity contribution in [3.8, 4) is 5.75 Å². The molecule has 2 heteroatoms. The fourth-order valence-electron chi connectivity index (χ4n) is 1.72. The monoisotopic (exact) mass is 246 g/mol. The predicted octanol–water partition coefficient (Wildman–Crippen LogP) is 4.40. The highest BCUT2D eigenvalue weighted by molar-refractivity contribution is 6.05. The molecule has 0 heterocycles. The zero-order valence-corrected chi connectivity index (χ0v) is 11.7. The largest absolute Gasteiger partial charge is 0.491 e. The predicted molar refractivity (Wildman–Crippen MR) is 75.2 cm³/mol. The maximum atomic E-state index is 12.1. The number of benzene rings is 1. The van der Waals surface area contributed by atoms with E-state index in [0.29, 0.717) is 5.56 Å². The number of allylic oxidation sites excluding steroid dienone is 2. The van der Waals surface area contributed by atoms with Gasteiger partial charge in [-0.25, -0.2) is 0 Å². The quantitative estimate of drug-likeness (QED) is 0.549. The molecular weight excluding hydrogens is 224 g/mol. The molecular formula is C16H22O2. The van der Waals surface area contributed by atoms with Gasteiger partial charge in [-0.05, 0) is 44.9 Å². The minimum absolute atomic E-state index is 0.0582. The lowest BCUT2D eigenvalue weighted by Crippen LogP contribution is -2.06. The van der Waals surface area contributed by atoms with Crippen LogP contribution in [0.25, 0.3) is 0 Å². The summed E-state index contributed by atoms with van der Waals surface area (Å²) in [6, 6.07) is 7.37. The number of ether oxygens (including phenoxy) is 1. The molecule has 0 unspecified atom stereocenters. The summed E-state index contributed by atoms with van der Waals surface area (Å²) < 4.78 is 5.59. The molecule has 1 aromatic rings. The van der Waals surface area contributed by atoms with Crippen LogP contribution in [0.15, 0.2) is 35.9 Å². The molecule has 0 N–H and O–H groups in total. The summed E-state index contributed by atoms with van der Waals surface area (Å²) in [7, 11) is 0. The topological polar surface area (TPSA) is 26.3 Å². The summed E-state index contributed by atoms with van der Waals surface area (Å²) in [6.45, 7) is 8.09. The second-order valence-corrected chi connectivity index (χ2v) is 4.57. The van der Waals surface area contributed by atoms with Crippen LogP contribution < -0.4 is 4.74 Å². The Morgan fingerprint density at radius 2 is 1.94 bits per heavy atom. The Hall–Kier alpha value is -1.57. The molecule has 0 aromatic heterocycles. The highest BCUT2D eigenvalue weighted by atomic mass is 16.5. The standard InChI is InChI=1S/C16H22O2/c1-5-13(6-2)10-16(17)14-8-7-9-15(11-14)18-12(3)4/h7-12H,5-6H2,1-4H3. The average molecular weight is 246 g/mol. The minimum atomic E-state index is 0.0582. The lowest BCUT2D eigenvalue weighted by molar-refractivity contribution is 0.104. The van der Waals surface area contributed by atoms with Crippen LogP contribution in [0.1, 0.15) is 50.9 Å². The van der Waals surface area contributed by atoms with Crippen LogP contribution in [0.2, 0.25) is 0 Å². The summed E-state index contributed by atoms with van der Waals surface area (Å²) in [6.07, 6.45) is 3.70. The van der Waals surface area contributed by atoms with Crippen LogP contribution in [0.3, 0.4) is 0 Å². The maximum absolute atomic E-state index is 12.1. The van der Waals surface area contributed by atoms with E-state index >= 15 is 0 Å². The molecule has 0 aliphatic rings. The van der Waals surface area contributed by atoms with Crippen molar-refractivity contribution in [3.05, 3.63) is 41.5 Å². The number of rotatable bonds is 6. The van der Waals surface area contributed by atoms with E-state index < -0.39 is 0 Å². The number of hydrogen-bond donors (Lipinski definition) is 0. The van der Waals surface area contributed by atoms with Gasteiger partial charge in [-0.2, -0.15) is 0 Å². The summed E-state index contributed by atoms with van der Waals surface area (Å²) in [4.78, 5) is 12.1. The first kappa shape index (κ1) is 14.5. The molecule has 0 saturated carbocycles. The highest BCUT2D eigenvalue weighted by Crippen LogP contribution is 2.17. The van der Waals surface area contributed by atoms with E-state index in [0.717, 1.165) is 18.6 Å². The van der Waals surface area contributed by atoms with Crippen LogP contribution in [-0.4, -0.2) is 11.9 Å². The van der Waals surface area contributed by atoms with Gasteiger partial charge in [0.15, 0.2) is 5.78 Å². The van der Waals surface area contributed by atoms with Gasteiger partial charge in [0.2, 0.25) is 0 Å². The molecule has 0 aliphatic heterocycles. The van der Waals surface area contributed by atoms with Crippen LogP contribution in [-0.2, 0) is 0 Å². The molecule has 0 bridgehead atoms. The fourth-order valence-corrected chi connectivity index (χ4v) is 1.72. The highest BCUT2D eigenvalue weighted by Gasteiger charge is 2.06. The number of carbonyl (C=O) groups excluding carboxylic acids is 1. The Morgan fingerprint density at radius 1 is 1.28 bits per heavy atom. The van der Waals surface area contributed by atoms with Crippen molar-refractivity contribution in [1.29, 1.82) is 0 Å². The first-order valence-electron chi connectivity index (χ1n) is 6.57. The Morgan fingerprint density at radius 3 is 2.50 bits per heavy atom. The van der Waals surface area contributed by atoms with Crippen molar-refractivity contribution < 1.29 is 9.53 Å². The molecule has 1 rings (SSSR count). The lowest BCUT2D eigenvalue weighted by Gasteiger charge is -2.10. The maximum Gasteiger partial charge on any atom is 0.185 e. The van der Waals surface area contributed by atoms with Gasteiger partial charge in [0.25, 0.3) is 0 Å². The van der Waals surface area contributed by atoms with E-state index in [4.69, 9.17) is 4.74 Å². The van der Waals surface area contributed by atoms with Crippen molar-refractivity contribution in [2.45, 2.75) is 46.6 Å². The van der Waals surface area contributed by atoms with E-state index in [1.165, 1.54) is 5.57 Å². The Balaban J connectivity index is 2.89. The van der Waals surface area contributed by atoms with Gasteiger partial charge in [0, 0.05) is 5.56 Å². The van der Waals surface area contributed by atoms with Gasteiger partial charge in [0.05, 0.1) is 6.10 Å². The Bertz CT molecular complexity index is 424. The molecule has 1 aromatic carbocycles. The van der Waals surface area contributed by atoms with Gasteiger partial charge in [-0.3, -0.25) is 4.79 Å². The third-order valence-electron chi connectivity index (χ3n) is 2.73. The molecule has 0 atom stereocenters. The molecule has 0 spiro atoms. The van der Waals surface area contributed by atoms with E-state index in [1.807, 2.05) is 38.1 Å². The molecule has 18 heavy (non-hydrogen) atoms. The second kappa shape index (κ2) is 7.00. The molecule has 2 nitrogen and oxygen atoms in total. The van der Waals surface area contributed by atoms with Crippen molar-refractivity contribution in [2.24, 2.45) is 0 Å². The fraction of sp³-hybridized carbons (Fsp3) is 0.438. The zero-order chi connectivity index (χ0) is 13.5. The normalized spacial score (nSPS) is 10.3. The SMILES string of the molecule is CCC(=CC(=O)c1cccc(OC(C)C)c1)CC. The van der Waals surface area contributed by atoms with Crippen LogP contribution >= 0.6 is 0 Å². The van der Waals surface area contributed by atoms with Gasteiger partial charge in [-0.1, -0.05) is 31.6 Å². The van der Waals surface area contributed by atoms with Crippen LogP contribution in [0.4, 0.5) is 0 Å². The zero-order valence-electron chi connectivity index (χ0n) is 11.7. The van der Waals surface area contributed by atoms with Crippen molar-refractivity contribution in [3.63, 3.8) is 0 Å². The summed E-state index contributed by atoms with van der Waals surface area (Å²) in [5, 5.41) is 0. The first-order chi connectivity index (χ1) is 8.56. The van der Waals surface area contributed by atoms with E-state index in [9.17, 15) is 4.79 Å². The van der Waals surface area contributed by atoms with Gasteiger partial charge >= 0.3 is 0 Å². The number of ketones is 1. The third-order valence-corrected chi connectivity index (χ3v) is 2.73. The third kappa shape index (κ3) is 4.36. The lowest BCUT2D eigenvalue weighted by atomic mass is 10.0. The average Bonchev–Trinajstić information content (AvgIpc) is 2.35. The van der Waals surface area contributed by atoms with E-state index in [1.54, 1.807) is 6.08 Å². The Labute approximate surface area is 110 Å². The molecule has 0 aliphatic carbocycles. The Kier molecular flexibility index (Phi) is 5.63. The van der Waals surface area contributed by atoms with Crippen molar-refractivity contribution in [1.82, 2.24) is 0 Å². The van der Waals surface area contributed by atoms with Crippen LogP contribution in [0, 0.1) is 0 Å². The van der Waals surface area contributed by atoms with Gasteiger partial charge in [0.1, 0.15) is 5.75 Å². The smallest absolute Gasteiger partial charge is 0.185 e. The minimum Gasteiger partial charge on any atom is -0.491 e. The summed E-state index contributed by atoms with van der Waals surface area (Å²) in [5.41, 5.74) is 1.86. The molecule has 0 radical (unpaired) electrons. The summed E-state index contributed by atoms with van der Waals surface area (Å²) in [5.74, 6) is 0.807. The molecule has 0 saturated heterocycles. The van der Waals surface area contributed by atoms with Crippen molar-refractivity contribution >= 4 is 5.78 Å². The van der Waals surface area contributed by atoms with Crippen molar-refractivity contribution in [2.75, 3.05) is 0 Å². The van der Waals surface area contributed by atoms with Crippen LogP contribution in [0.5, 0.6) is 5.75 Å². The van der Waals surface area contributed by atoms with E-state index in [-0.39, 0.29) is 11.9 Å².